The quantitative estimate of drug-likeness (QED) is 0.323. The van der Waals surface area contributed by atoms with E-state index in [1.54, 1.807) is 17.8 Å². The van der Waals surface area contributed by atoms with Crippen LogP contribution in [0.4, 0.5) is 11.4 Å². The lowest BCUT2D eigenvalue weighted by Crippen LogP contribution is -3.00. The summed E-state index contributed by atoms with van der Waals surface area (Å²) >= 11 is 1.65. The van der Waals surface area contributed by atoms with Crippen molar-refractivity contribution in [2.45, 2.75) is 35.8 Å². The number of phenolic OH excluding ortho intramolecular Hbond substituents is 1. The van der Waals surface area contributed by atoms with Crippen LogP contribution in [-0.4, -0.2) is 39.9 Å². The maximum Gasteiger partial charge on any atom is 0.331 e. The Bertz CT molecular complexity index is 1170. The average Bonchev–Trinajstić information content (AvgIpc) is 3.12. The van der Waals surface area contributed by atoms with Crippen LogP contribution in [0, 0.1) is 0 Å². The van der Waals surface area contributed by atoms with Crippen molar-refractivity contribution < 1.29 is 27.4 Å². The normalized spacial score (nSPS) is 36.0. The number of nitrogens with zero attached hydrogens (tertiary/aromatic N) is 2. The SMILES string of the molecule is O=C1C=C2S[C@@H]3C[C@@]24C[C@]1(O)[N+]1=c2c4c(c(O)c4c2=C(C=N4)CC1)N3.[Cl-]. The van der Waals surface area contributed by atoms with E-state index < -0.39 is 5.72 Å². The molecule has 3 bridgehead atoms. The number of ketones is 1. The fraction of sp³-hybridized carbons (Fsp3) is 0.389. The zero-order valence-electron chi connectivity index (χ0n) is 13.5. The molecule has 6 nitrogen and oxygen atoms in total. The van der Waals surface area contributed by atoms with E-state index in [9.17, 15) is 15.0 Å². The van der Waals surface area contributed by atoms with E-state index in [0.717, 1.165) is 38.7 Å². The van der Waals surface area contributed by atoms with Crippen molar-refractivity contribution >= 4 is 40.7 Å². The zero-order valence-corrected chi connectivity index (χ0v) is 15.1. The first-order chi connectivity index (χ1) is 12.0. The highest BCUT2D eigenvalue weighted by atomic mass is 35.5. The molecular formula is C18H14ClN3O3S. The van der Waals surface area contributed by atoms with Gasteiger partial charge in [-0.2, -0.15) is 4.58 Å². The second-order valence-electron chi connectivity index (χ2n) is 7.76. The van der Waals surface area contributed by atoms with Crippen LogP contribution in [0.15, 0.2) is 16.0 Å². The predicted octanol–water partition coefficient (Wildman–Crippen LogP) is -3.16. The van der Waals surface area contributed by atoms with Crippen LogP contribution < -0.4 is 32.9 Å². The Hall–Kier alpha value is -1.83. The number of carbonyl (C=O) groups is 1. The molecule has 0 amide bonds. The van der Waals surface area contributed by atoms with Crippen molar-refractivity contribution in [1.29, 1.82) is 0 Å². The number of carbonyl (C=O) groups excluding carboxylic acids is 1. The molecule has 3 atom stereocenters. The highest BCUT2D eigenvalue weighted by Crippen LogP contribution is 2.63. The van der Waals surface area contributed by atoms with Gasteiger partial charge >= 0.3 is 5.72 Å². The summed E-state index contributed by atoms with van der Waals surface area (Å²) in [6, 6.07) is 0. The van der Waals surface area contributed by atoms with E-state index in [2.05, 4.69) is 10.3 Å². The summed E-state index contributed by atoms with van der Waals surface area (Å²) < 4.78 is 1.87. The monoisotopic (exact) mass is 387 g/mol. The number of nitrogens with one attached hydrogen (secondary N) is 1. The minimum Gasteiger partial charge on any atom is -1.00 e. The van der Waals surface area contributed by atoms with Crippen molar-refractivity contribution in [3.63, 3.8) is 0 Å². The predicted molar refractivity (Wildman–Crippen MR) is 93.6 cm³/mol. The van der Waals surface area contributed by atoms with Gasteiger partial charge in [-0.05, 0) is 12.0 Å². The molecular weight excluding hydrogens is 374 g/mol. The standard InChI is InChI=1S/C18H13N3O3S.ClH/c22-8-3-9-17-4-10(25-9)20-14-12(17)15-11-7(5-19-13(11)16(14)23)1-2-21(15)18(8,24)6-17;/h3,5,10,24H,1-2,4,6H2,(H,19,20,23);1H/t10-,17-,18-;/m1./s1. The lowest BCUT2D eigenvalue weighted by atomic mass is 9.63. The third kappa shape index (κ3) is 1.31. The first kappa shape index (κ1) is 15.2. The van der Waals surface area contributed by atoms with Crippen LogP contribution in [0.2, 0.25) is 0 Å². The number of fused-ring (bicyclic) bond motifs is 3. The topological polar surface area (TPSA) is 84.9 Å². The molecule has 6 aliphatic rings. The van der Waals surface area contributed by atoms with E-state index in [4.69, 9.17) is 0 Å². The minimum absolute atomic E-state index is 0. The summed E-state index contributed by atoms with van der Waals surface area (Å²) in [6.07, 6.45) is 5.40. The Morgan fingerprint density at radius 1 is 1.42 bits per heavy atom. The number of rotatable bonds is 0. The van der Waals surface area contributed by atoms with Crippen molar-refractivity contribution in [3.05, 3.63) is 27.1 Å². The Balaban J connectivity index is 0.00000137. The fourth-order valence-electron chi connectivity index (χ4n) is 5.71. The van der Waals surface area contributed by atoms with Crippen LogP contribution >= 0.6 is 11.8 Å². The number of hydrogen-bond donors (Lipinski definition) is 3. The fourth-order valence-corrected chi connectivity index (χ4v) is 7.22. The number of aliphatic hydroxyl groups is 1. The van der Waals surface area contributed by atoms with Gasteiger partial charge < -0.3 is 27.9 Å². The number of allylic oxidation sites excluding steroid dienone is 1. The van der Waals surface area contributed by atoms with E-state index in [0.29, 0.717) is 25.1 Å². The number of aliphatic imine (C=N–C) groups is 1. The molecule has 1 aromatic rings. The molecule has 1 aromatic carbocycles. The second kappa shape index (κ2) is 4.18. The van der Waals surface area contributed by atoms with Gasteiger partial charge in [0, 0.05) is 29.0 Å². The smallest absolute Gasteiger partial charge is 0.331 e. The van der Waals surface area contributed by atoms with Crippen molar-refractivity contribution in [1.82, 2.24) is 4.58 Å². The van der Waals surface area contributed by atoms with Crippen LogP contribution in [0.1, 0.15) is 24.8 Å². The summed E-state index contributed by atoms with van der Waals surface area (Å²) in [4.78, 5) is 18.3. The van der Waals surface area contributed by atoms with Gasteiger partial charge in [-0.25, -0.2) is 0 Å². The van der Waals surface area contributed by atoms with Crippen molar-refractivity contribution in [2.24, 2.45) is 4.99 Å². The van der Waals surface area contributed by atoms with Gasteiger partial charge in [0.05, 0.1) is 28.3 Å². The van der Waals surface area contributed by atoms with Crippen molar-refractivity contribution in [3.8, 4) is 5.75 Å². The number of hydrogen-bond acceptors (Lipinski definition) is 6. The maximum atomic E-state index is 12.9. The molecule has 1 fully saturated rings. The maximum absolute atomic E-state index is 12.9. The van der Waals surface area contributed by atoms with Gasteiger partial charge in [0.25, 0.3) is 5.78 Å². The Morgan fingerprint density at radius 3 is 3.12 bits per heavy atom. The van der Waals surface area contributed by atoms with Gasteiger partial charge in [-0.1, -0.05) is 0 Å². The molecule has 0 saturated carbocycles. The average molecular weight is 388 g/mol. The Kier molecular flexibility index (Phi) is 2.45. The number of anilines is 1. The number of thioether (sulfide) groups is 1. The van der Waals surface area contributed by atoms with E-state index in [1.165, 1.54) is 0 Å². The van der Waals surface area contributed by atoms with Gasteiger partial charge in [0.15, 0.2) is 12.3 Å². The molecule has 0 aromatic heterocycles. The third-order valence-corrected chi connectivity index (χ3v) is 8.01. The summed E-state index contributed by atoms with van der Waals surface area (Å²) in [5, 5.41) is 27.7. The molecule has 8 heteroatoms. The number of halogens is 1. The molecule has 0 radical (unpaired) electrons. The van der Waals surface area contributed by atoms with Gasteiger partial charge in [-0.3, -0.25) is 9.79 Å². The zero-order chi connectivity index (χ0) is 16.7. The summed E-state index contributed by atoms with van der Waals surface area (Å²) in [6.45, 7) is 0.586. The summed E-state index contributed by atoms with van der Waals surface area (Å²) in [7, 11) is 0. The lowest BCUT2D eigenvalue weighted by molar-refractivity contribution is -0.144. The van der Waals surface area contributed by atoms with Gasteiger partial charge in [0.2, 0.25) is 5.36 Å². The third-order valence-electron chi connectivity index (χ3n) is 6.68. The van der Waals surface area contributed by atoms with Crippen LogP contribution in [0.3, 0.4) is 0 Å². The molecule has 26 heavy (non-hydrogen) atoms. The molecule has 5 aliphatic heterocycles. The minimum atomic E-state index is -1.49. The summed E-state index contributed by atoms with van der Waals surface area (Å²) in [5.41, 5.74) is 1.59. The van der Waals surface area contributed by atoms with Crippen LogP contribution in [0.5, 0.6) is 5.75 Å². The first-order valence-corrected chi connectivity index (χ1v) is 9.44. The molecule has 0 unspecified atom stereocenters. The van der Waals surface area contributed by atoms with E-state index in [1.807, 2.05) is 10.8 Å². The number of benzene rings is 1. The molecule has 3 N–H and O–H groups in total. The highest BCUT2D eigenvalue weighted by Gasteiger charge is 2.67. The molecule has 1 aliphatic carbocycles. The second-order valence-corrected chi connectivity index (χ2v) is 9.00. The van der Waals surface area contributed by atoms with E-state index >= 15 is 0 Å². The molecule has 5 heterocycles. The first-order valence-electron chi connectivity index (χ1n) is 8.56. The number of phenols is 1. The highest BCUT2D eigenvalue weighted by molar-refractivity contribution is 8.04. The Labute approximate surface area is 158 Å². The van der Waals surface area contributed by atoms with E-state index in [-0.39, 0.29) is 34.7 Å². The van der Waals surface area contributed by atoms with Crippen LogP contribution in [0.25, 0.3) is 5.57 Å². The Morgan fingerprint density at radius 2 is 2.27 bits per heavy atom. The largest absolute Gasteiger partial charge is 1.00 e. The molecule has 132 valence electrons. The van der Waals surface area contributed by atoms with Crippen LogP contribution in [-0.2, 0) is 10.2 Å². The molecule has 1 saturated heterocycles. The lowest BCUT2D eigenvalue weighted by Gasteiger charge is -2.44. The van der Waals surface area contributed by atoms with Gasteiger partial charge in [0.1, 0.15) is 5.69 Å². The van der Waals surface area contributed by atoms with Crippen molar-refractivity contribution in [2.75, 3.05) is 11.9 Å². The summed E-state index contributed by atoms with van der Waals surface area (Å²) in [5.74, 6) is -0.0142. The molecule has 7 rings (SSSR count). The molecule has 1 spiro atoms. The number of aromatic hydroxyl groups is 1. The van der Waals surface area contributed by atoms with Gasteiger partial charge in [-0.15, -0.1) is 11.8 Å².